The molecular weight excluding hydrogens is 328 g/mol. The summed E-state index contributed by atoms with van der Waals surface area (Å²) in [6.07, 6.45) is 0. The number of nitrogens with zero attached hydrogens (tertiary/aromatic N) is 5. The molecule has 3 rings (SSSR count). The summed E-state index contributed by atoms with van der Waals surface area (Å²) >= 11 is 2.87. The van der Waals surface area contributed by atoms with E-state index in [1.165, 1.54) is 28.2 Å². The number of rotatable bonds is 4. The maximum atomic E-state index is 11.8. The third kappa shape index (κ3) is 2.59. The Bertz CT molecular complexity index is 660. The van der Waals surface area contributed by atoms with Crippen LogP contribution in [0.1, 0.15) is 0 Å². The lowest BCUT2D eigenvalue weighted by molar-refractivity contribution is -0.134. The predicted octanol–water partition coefficient (Wildman–Crippen LogP) is -1.07. The highest BCUT2D eigenvalue weighted by Gasteiger charge is 2.44. The highest BCUT2D eigenvalue weighted by atomic mass is 32.2. The smallest absolute Gasteiger partial charge is 0.352 e. The van der Waals surface area contributed by atoms with Gasteiger partial charge in [-0.15, -0.1) is 16.9 Å². The Hall–Kier alpha value is -1.59. The first-order valence-electron chi connectivity index (χ1n) is 6.46. The van der Waals surface area contributed by atoms with Crippen molar-refractivity contribution in [2.24, 2.45) is 12.8 Å². The van der Waals surface area contributed by atoms with Crippen LogP contribution >= 0.6 is 23.5 Å². The standard InChI is InChI=1S/C11H14N6O3S2/c1-16-11(13-14-15-16)22-4-5-3-21-9-7(12)6(18)2-17(9)8(5)10(19)20/h7,9H,2-4,12H2,1H3,(H,19,20). The van der Waals surface area contributed by atoms with E-state index in [1.807, 2.05) is 0 Å². The molecule has 1 aromatic heterocycles. The van der Waals surface area contributed by atoms with Crippen LogP contribution in [0.3, 0.4) is 0 Å². The summed E-state index contributed by atoms with van der Waals surface area (Å²) in [5, 5.41) is 21.0. The minimum absolute atomic E-state index is 0.0557. The number of aryl methyl sites for hydroxylation is 1. The van der Waals surface area contributed by atoms with Crippen molar-refractivity contribution in [3.05, 3.63) is 11.3 Å². The summed E-state index contributed by atoms with van der Waals surface area (Å²) in [6.45, 7) is 0.0557. The van der Waals surface area contributed by atoms with Crippen LogP contribution in [0, 0.1) is 0 Å². The first-order chi connectivity index (χ1) is 10.5. The van der Waals surface area contributed by atoms with Crippen molar-refractivity contribution in [3.8, 4) is 0 Å². The Morgan fingerprint density at radius 3 is 3.00 bits per heavy atom. The number of nitrogens with two attached hydrogens (primary N) is 1. The monoisotopic (exact) mass is 342 g/mol. The van der Waals surface area contributed by atoms with E-state index in [-0.39, 0.29) is 23.4 Å². The van der Waals surface area contributed by atoms with Crippen LogP contribution in [0.15, 0.2) is 16.4 Å². The second kappa shape index (κ2) is 5.89. The summed E-state index contributed by atoms with van der Waals surface area (Å²) in [7, 11) is 1.72. The number of hydrogen-bond donors (Lipinski definition) is 2. The van der Waals surface area contributed by atoms with Crippen LogP contribution in [0.2, 0.25) is 0 Å². The van der Waals surface area contributed by atoms with Gasteiger partial charge in [0, 0.05) is 18.6 Å². The van der Waals surface area contributed by atoms with Gasteiger partial charge in [-0.2, -0.15) is 0 Å². The molecule has 9 nitrogen and oxygen atoms in total. The summed E-state index contributed by atoms with van der Waals surface area (Å²) in [5.41, 5.74) is 6.79. The minimum atomic E-state index is -1.03. The van der Waals surface area contributed by atoms with E-state index in [2.05, 4.69) is 15.5 Å². The summed E-state index contributed by atoms with van der Waals surface area (Å²) in [5.74, 6) is -0.168. The average Bonchev–Trinajstić information content (AvgIpc) is 3.00. The number of ketones is 1. The highest BCUT2D eigenvalue weighted by molar-refractivity contribution is 8.00. The van der Waals surface area contributed by atoms with E-state index in [0.29, 0.717) is 16.7 Å². The van der Waals surface area contributed by atoms with Crippen LogP contribution < -0.4 is 5.73 Å². The van der Waals surface area contributed by atoms with Crippen molar-refractivity contribution >= 4 is 35.3 Å². The lowest BCUT2D eigenvalue weighted by Crippen LogP contribution is -2.42. The van der Waals surface area contributed by atoms with Gasteiger partial charge in [-0.05, 0) is 16.0 Å². The van der Waals surface area contributed by atoms with Crippen molar-refractivity contribution in [1.29, 1.82) is 0 Å². The van der Waals surface area contributed by atoms with E-state index in [0.717, 1.165) is 5.57 Å². The van der Waals surface area contributed by atoms with Crippen LogP contribution in [-0.4, -0.2) is 71.4 Å². The quantitative estimate of drug-likeness (QED) is 0.653. The van der Waals surface area contributed by atoms with Crippen molar-refractivity contribution < 1.29 is 14.7 Å². The van der Waals surface area contributed by atoms with Gasteiger partial charge in [-0.25, -0.2) is 9.48 Å². The summed E-state index contributed by atoms with van der Waals surface area (Å²) in [4.78, 5) is 25.0. The molecule has 1 fully saturated rings. The fourth-order valence-corrected chi connectivity index (χ4v) is 4.77. The third-order valence-corrected chi connectivity index (χ3v) is 6.02. The van der Waals surface area contributed by atoms with Gasteiger partial charge in [-0.1, -0.05) is 11.8 Å². The van der Waals surface area contributed by atoms with E-state index in [4.69, 9.17) is 5.73 Å². The van der Waals surface area contributed by atoms with Gasteiger partial charge < -0.3 is 15.7 Å². The zero-order chi connectivity index (χ0) is 15.9. The Morgan fingerprint density at radius 2 is 2.36 bits per heavy atom. The van der Waals surface area contributed by atoms with Gasteiger partial charge in [0.25, 0.3) is 0 Å². The molecule has 0 aliphatic carbocycles. The molecule has 0 aromatic carbocycles. The van der Waals surface area contributed by atoms with E-state index in [9.17, 15) is 14.7 Å². The molecule has 0 amide bonds. The number of hydrogen-bond acceptors (Lipinski definition) is 9. The number of carboxylic acids is 1. The van der Waals surface area contributed by atoms with E-state index in [1.54, 1.807) is 11.9 Å². The number of fused-ring (bicyclic) bond motifs is 1. The molecular formula is C11H14N6O3S2. The molecule has 2 aliphatic heterocycles. The molecule has 2 unspecified atom stereocenters. The molecule has 3 N–H and O–H groups in total. The summed E-state index contributed by atoms with van der Waals surface area (Å²) in [6, 6.07) is -0.628. The van der Waals surface area contributed by atoms with Gasteiger partial charge in [0.05, 0.1) is 18.0 Å². The van der Waals surface area contributed by atoms with Crippen LogP contribution in [0.5, 0.6) is 0 Å². The topological polar surface area (TPSA) is 127 Å². The molecule has 1 aromatic rings. The fourth-order valence-electron chi connectivity index (χ4n) is 2.45. The van der Waals surface area contributed by atoms with Crippen molar-refractivity contribution in [2.45, 2.75) is 16.6 Å². The van der Waals surface area contributed by atoms with Gasteiger partial charge in [0.2, 0.25) is 5.16 Å². The Morgan fingerprint density at radius 1 is 1.59 bits per heavy atom. The molecule has 2 aliphatic rings. The molecule has 0 radical (unpaired) electrons. The number of tetrazole rings is 1. The molecule has 0 saturated carbocycles. The molecule has 0 bridgehead atoms. The molecule has 11 heteroatoms. The highest BCUT2D eigenvalue weighted by Crippen LogP contribution is 2.37. The predicted molar refractivity (Wildman–Crippen MR) is 80.1 cm³/mol. The fraction of sp³-hybridized carbons (Fsp3) is 0.545. The van der Waals surface area contributed by atoms with Crippen LogP contribution in [0.4, 0.5) is 0 Å². The molecule has 22 heavy (non-hydrogen) atoms. The Labute approximate surface area is 134 Å². The van der Waals surface area contributed by atoms with Gasteiger partial charge in [-0.3, -0.25) is 4.79 Å². The Kier molecular flexibility index (Phi) is 4.10. The lowest BCUT2D eigenvalue weighted by Gasteiger charge is -2.33. The first kappa shape index (κ1) is 15.3. The number of carbonyl (C=O) groups is 2. The SMILES string of the molecule is Cn1nnnc1SCC1=C(C(=O)O)N2CC(=O)C(N)C2SC1. The zero-order valence-electron chi connectivity index (χ0n) is 11.7. The van der Waals surface area contributed by atoms with Gasteiger partial charge in [0.15, 0.2) is 5.78 Å². The number of carboxylic acid groups (broad SMARTS) is 1. The number of Topliss-reactive ketones (excluding diaryl/α,β-unsaturated/α-hetero) is 1. The third-order valence-electron chi connectivity index (χ3n) is 3.52. The first-order valence-corrected chi connectivity index (χ1v) is 8.49. The van der Waals surface area contributed by atoms with Crippen molar-refractivity contribution in [1.82, 2.24) is 25.1 Å². The molecule has 118 valence electrons. The Balaban J connectivity index is 1.84. The number of thioether (sulfide) groups is 2. The molecule has 2 atom stereocenters. The second-order valence-corrected chi connectivity index (χ2v) is 7.00. The number of carbonyl (C=O) groups excluding carboxylic acids is 1. The molecule has 1 saturated heterocycles. The van der Waals surface area contributed by atoms with Crippen LogP contribution in [0.25, 0.3) is 0 Å². The van der Waals surface area contributed by atoms with E-state index < -0.39 is 12.0 Å². The van der Waals surface area contributed by atoms with E-state index >= 15 is 0 Å². The minimum Gasteiger partial charge on any atom is -0.477 e. The average molecular weight is 342 g/mol. The number of aliphatic carboxylic acids is 1. The maximum absolute atomic E-state index is 11.8. The molecule has 0 spiro atoms. The van der Waals surface area contributed by atoms with Gasteiger partial charge in [0.1, 0.15) is 5.70 Å². The largest absolute Gasteiger partial charge is 0.477 e. The van der Waals surface area contributed by atoms with Crippen molar-refractivity contribution in [3.63, 3.8) is 0 Å². The normalized spacial score (nSPS) is 24.8. The van der Waals surface area contributed by atoms with Gasteiger partial charge >= 0.3 is 5.97 Å². The number of aromatic nitrogens is 4. The summed E-state index contributed by atoms with van der Waals surface area (Å²) < 4.78 is 1.53. The van der Waals surface area contributed by atoms with Crippen molar-refractivity contribution in [2.75, 3.05) is 18.1 Å². The second-order valence-electron chi connectivity index (χ2n) is 4.95. The maximum Gasteiger partial charge on any atom is 0.352 e. The zero-order valence-corrected chi connectivity index (χ0v) is 13.3. The molecule has 3 heterocycles. The lowest BCUT2D eigenvalue weighted by atomic mass is 10.2. The van der Waals surface area contributed by atoms with Crippen LogP contribution in [-0.2, 0) is 16.6 Å².